The summed E-state index contributed by atoms with van der Waals surface area (Å²) in [4.78, 5) is 23.8. The van der Waals surface area contributed by atoms with Gasteiger partial charge in [0.15, 0.2) is 0 Å². The molecule has 0 spiro atoms. The quantitative estimate of drug-likeness (QED) is 0.559. The van der Waals surface area contributed by atoms with E-state index in [4.69, 9.17) is 4.42 Å². The Balaban J connectivity index is 1.70. The second-order valence-electron chi connectivity index (χ2n) is 5.00. The number of fused-ring (bicyclic) bond motifs is 3. The van der Waals surface area contributed by atoms with E-state index in [0.717, 1.165) is 17.6 Å². The highest BCUT2D eigenvalue weighted by Crippen LogP contribution is 2.25. The highest BCUT2D eigenvalue weighted by atomic mass is 32.2. The summed E-state index contributed by atoms with van der Waals surface area (Å²) in [5, 5.41) is 8.46. The van der Waals surface area contributed by atoms with Gasteiger partial charge in [0, 0.05) is 11.8 Å². The molecule has 0 amide bonds. The number of aromatic amines is 2. The predicted octanol–water partition coefficient (Wildman–Crippen LogP) is 2.64. The zero-order chi connectivity index (χ0) is 15.8. The molecule has 8 heteroatoms. The van der Waals surface area contributed by atoms with Gasteiger partial charge in [-0.25, -0.2) is 9.97 Å². The molecule has 0 fully saturated rings. The zero-order valence-corrected chi connectivity index (χ0v) is 13.1. The van der Waals surface area contributed by atoms with E-state index in [2.05, 4.69) is 25.1 Å². The van der Waals surface area contributed by atoms with E-state index >= 15 is 0 Å². The number of aryl methyl sites for hydroxylation is 1. The van der Waals surface area contributed by atoms with E-state index in [-0.39, 0.29) is 11.1 Å². The van der Waals surface area contributed by atoms with Crippen molar-refractivity contribution in [1.82, 2.24) is 25.1 Å². The first-order chi connectivity index (χ1) is 11.2. The molecule has 23 heavy (non-hydrogen) atoms. The summed E-state index contributed by atoms with van der Waals surface area (Å²) in [5.74, 6) is 1.89. The average molecular weight is 327 g/mol. The fraction of sp³-hybridized carbons (Fsp3) is 0.200. The molecular weight excluding hydrogens is 314 g/mol. The number of hydrogen-bond donors (Lipinski definition) is 2. The van der Waals surface area contributed by atoms with Crippen LogP contribution in [0.1, 0.15) is 18.6 Å². The smallest absolute Gasteiger partial charge is 0.294 e. The number of nitrogens with one attached hydrogen (secondary N) is 2. The number of thioether (sulfide) groups is 1. The van der Waals surface area contributed by atoms with Gasteiger partial charge in [-0.2, -0.15) is 0 Å². The SMILES string of the molecule is CCc1nc(SCc2nc3c(oc4ccccc43)c(=O)[nH]2)n[nH]1. The second kappa shape index (κ2) is 5.54. The van der Waals surface area contributed by atoms with Crippen LogP contribution in [0, 0.1) is 0 Å². The summed E-state index contributed by atoms with van der Waals surface area (Å²) < 4.78 is 5.58. The minimum atomic E-state index is -0.272. The predicted molar refractivity (Wildman–Crippen MR) is 87.5 cm³/mol. The lowest BCUT2D eigenvalue weighted by atomic mass is 10.2. The summed E-state index contributed by atoms with van der Waals surface area (Å²) in [5.41, 5.74) is 1.23. The van der Waals surface area contributed by atoms with Gasteiger partial charge in [0.25, 0.3) is 5.56 Å². The normalized spacial score (nSPS) is 11.5. The number of nitrogens with zero attached hydrogens (tertiary/aromatic N) is 3. The van der Waals surface area contributed by atoms with Crippen LogP contribution in [0.25, 0.3) is 22.1 Å². The number of rotatable bonds is 4. The molecule has 2 N–H and O–H groups in total. The van der Waals surface area contributed by atoms with Crippen molar-refractivity contribution in [3.63, 3.8) is 0 Å². The fourth-order valence-corrected chi connectivity index (χ4v) is 3.04. The Bertz CT molecular complexity index is 1050. The largest absolute Gasteiger partial charge is 0.449 e. The molecule has 0 aliphatic rings. The Morgan fingerprint density at radius 1 is 1.22 bits per heavy atom. The van der Waals surface area contributed by atoms with E-state index in [0.29, 0.717) is 27.8 Å². The summed E-state index contributed by atoms with van der Waals surface area (Å²) in [7, 11) is 0. The molecule has 3 aromatic heterocycles. The number of H-pyrrole nitrogens is 2. The molecule has 0 aliphatic heterocycles. The molecule has 0 radical (unpaired) electrons. The van der Waals surface area contributed by atoms with Gasteiger partial charge in [-0.15, -0.1) is 5.10 Å². The number of para-hydroxylation sites is 1. The van der Waals surface area contributed by atoms with Crippen LogP contribution in [-0.2, 0) is 12.2 Å². The molecule has 0 aliphatic carbocycles. The summed E-state index contributed by atoms with van der Waals surface area (Å²) in [6.45, 7) is 2.01. The van der Waals surface area contributed by atoms with Crippen LogP contribution in [0.5, 0.6) is 0 Å². The van der Waals surface area contributed by atoms with Crippen LogP contribution in [-0.4, -0.2) is 25.1 Å². The van der Waals surface area contributed by atoms with Gasteiger partial charge >= 0.3 is 0 Å². The summed E-state index contributed by atoms with van der Waals surface area (Å²) in [6.07, 6.45) is 0.801. The lowest BCUT2D eigenvalue weighted by Crippen LogP contribution is -2.10. The van der Waals surface area contributed by atoms with Crippen molar-refractivity contribution in [2.24, 2.45) is 0 Å². The lowest BCUT2D eigenvalue weighted by Gasteiger charge is -1.98. The van der Waals surface area contributed by atoms with Crippen molar-refractivity contribution in [3.8, 4) is 0 Å². The van der Waals surface area contributed by atoms with Crippen LogP contribution >= 0.6 is 11.8 Å². The van der Waals surface area contributed by atoms with E-state index in [1.807, 2.05) is 31.2 Å². The van der Waals surface area contributed by atoms with Crippen LogP contribution in [0.4, 0.5) is 0 Å². The molecule has 116 valence electrons. The van der Waals surface area contributed by atoms with Crippen molar-refractivity contribution in [2.75, 3.05) is 0 Å². The Labute approximate surface area is 134 Å². The standard InChI is InChI=1S/C15H13N5O2S/c1-2-10-18-15(20-19-10)23-7-11-16-12-8-5-3-4-6-9(8)22-13(12)14(21)17-11/h3-6H,2,7H2,1H3,(H,16,17,21)(H,18,19,20). The van der Waals surface area contributed by atoms with Gasteiger partial charge in [-0.05, 0) is 12.1 Å². The van der Waals surface area contributed by atoms with Crippen molar-refractivity contribution >= 4 is 33.8 Å². The number of aromatic nitrogens is 5. The minimum absolute atomic E-state index is 0.256. The lowest BCUT2D eigenvalue weighted by molar-refractivity contribution is 0.660. The molecule has 3 heterocycles. The maximum absolute atomic E-state index is 12.2. The molecule has 7 nitrogen and oxygen atoms in total. The first-order valence-electron chi connectivity index (χ1n) is 7.19. The van der Waals surface area contributed by atoms with Gasteiger partial charge in [-0.1, -0.05) is 30.8 Å². The van der Waals surface area contributed by atoms with E-state index in [9.17, 15) is 4.79 Å². The molecule has 0 unspecified atom stereocenters. The Kier molecular flexibility index (Phi) is 3.38. The minimum Gasteiger partial charge on any atom is -0.449 e. The number of furan rings is 1. The van der Waals surface area contributed by atoms with Crippen molar-refractivity contribution in [1.29, 1.82) is 0 Å². The zero-order valence-electron chi connectivity index (χ0n) is 12.3. The Hall–Kier alpha value is -2.61. The highest BCUT2D eigenvalue weighted by molar-refractivity contribution is 7.98. The van der Waals surface area contributed by atoms with Crippen LogP contribution < -0.4 is 5.56 Å². The Morgan fingerprint density at radius 3 is 2.91 bits per heavy atom. The van der Waals surface area contributed by atoms with E-state index < -0.39 is 0 Å². The van der Waals surface area contributed by atoms with Gasteiger partial charge in [-0.3, -0.25) is 9.89 Å². The van der Waals surface area contributed by atoms with E-state index in [1.54, 1.807) is 0 Å². The molecule has 4 aromatic rings. The third kappa shape index (κ3) is 2.50. The summed E-state index contributed by atoms with van der Waals surface area (Å²) >= 11 is 1.42. The second-order valence-corrected chi connectivity index (χ2v) is 5.94. The number of benzene rings is 1. The van der Waals surface area contributed by atoms with E-state index in [1.165, 1.54) is 11.8 Å². The molecule has 0 bridgehead atoms. The van der Waals surface area contributed by atoms with Crippen LogP contribution in [0.2, 0.25) is 0 Å². The highest BCUT2D eigenvalue weighted by Gasteiger charge is 2.13. The Morgan fingerprint density at radius 2 is 2.09 bits per heavy atom. The van der Waals surface area contributed by atoms with Gasteiger partial charge in [0.2, 0.25) is 10.7 Å². The fourth-order valence-electron chi connectivity index (χ4n) is 2.35. The van der Waals surface area contributed by atoms with Gasteiger partial charge in [0.05, 0.1) is 5.75 Å². The molecule has 1 aromatic carbocycles. The number of hydrogen-bond acceptors (Lipinski definition) is 6. The first-order valence-corrected chi connectivity index (χ1v) is 8.17. The monoisotopic (exact) mass is 327 g/mol. The third-order valence-electron chi connectivity index (χ3n) is 3.46. The maximum atomic E-state index is 12.2. The van der Waals surface area contributed by atoms with Crippen molar-refractivity contribution in [2.45, 2.75) is 24.3 Å². The van der Waals surface area contributed by atoms with Crippen molar-refractivity contribution < 1.29 is 4.42 Å². The average Bonchev–Trinajstić information content (AvgIpc) is 3.17. The topological polar surface area (TPSA) is 100 Å². The molecule has 4 rings (SSSR count). The van der Waals surface area contributed by atoms with Crippen LogP contribution in [0.3, 0.4) is 0 Å². The van der Waals surface area contributed by atoms with Gasteiger partial charge < -0.3 is 9.40 Å². The first kappa shape index (κ1) is 14.0. The molecular formula is C15H13N5O2S. The molecule has 0 saturated carbocycles. The molecule has 0 saturated heterocycles. The summed E-state index contributed by atoms with van der Waals surface area (Å²) in [6, 6.07) is 7.48. The van der Waals surface area contributed by atoms with Crippen LogP contribution in [0.15, 0.2) is 38.6 Å². The maximum Gasteiger partial charge on any atom is 0.294 e. The third-order valence-corrected chi connectivity index (χ3v) is 4.32. The van der Waals surface area contributed by atoms with Gasteiger partial charge in [0.1, 0.15) is 22.7 Å². The van der Waals surface area contributed by atoms with Crippen molar-refractivity contribution in [3.05, 3.63) is 46.3 Å². The molecule has 0 atom stereocenters.